The molecule has 0 radical (unpaired) electrons. The van der Waals surface area contributed by atoms with Crippen molar-refractivity contribution in [2.75, 3.05) is 7.11 Å². The van der Waals surface area contributed by atoms with Gasteiger partial charge in [-0.05, 0) is 23.8 Å². The topological polar surface area (TPSA) is 75.7 Å². The van der Waals surface area contributed by atoms with Crippen molar-refractivity contribution in [1.29, 1.82) is 0 Å². The van der Waals surface area contributed by atoms with Crippen LogP contribution in [-0.2, 0) is 0 Å². The lowest BCUT2D eigenvalue weighted by Gasteiger charge is -2.26. The fourth-order valence-corrected chi connectivity index (χ4v) is 3.85. The van der Waals surface area contributed by atoms with Crippen LogP contribution in [0.4, 0.5) is 0 Å². The van der Waals surface area contributed by atoms with Crippen molar-refractivity contribution < 1.29 is 19.4 Å². The van der Waals surface area contributed by atoms with E-state index in [1.165, 1.54) is 11.3 Å². The zero-order chi connectivity index (χ0) is 15.3. The van der Waals surface area contributed by atoms with Gasteiger partial charge in [0, 0.05) is 5.56 Å². The van der Waals surface area contributed by atoms with Crippen molar-refractivity contribution in [1.82, 2.24) is 4.98 Å². The summed E-state index contributed by atoms with van der Waals surface area (Å²) in [5, 5.41) is 22.0. The Morgan fingerprint density at radius 3 is 2.77 bits per heavy atom. The van der Waals surface area contributed by atoms with Crippen LogP contribution >= 0.6 is 11.3 Å². The first-order valence-electron chi connectivity index (χ1n) is 6.78. The van der Waals surface area contributed by atoms with Crippen LogP contribution in [0.15, 0.2) is 41.0 Å². The van der Waals surface area contributed by atoms with E-state index in [1.807, 2.05) is 0 Å². The SMILES string of the molecule is COc1cccc2c1C(O)c1sc(-c3ccco3)nc1C2O. The molecule has 0 saturated carbocycles. The Morgan fingerprint density at radius 1 is 1.18 bits per heavy atom. The quantitative estimate of drug-likeness (QED) is 0.760. The fraction of sp³-hybridized carbons (Fsp3) is 0.188. The largest absolute Gasteiger partial charge is 0.496 e. The average molecular weight is 315 g/mol. The molecule has 5 nitrogen and oxygen atoms in total. The number of benzene rings is 1. The second-order valence-electron chi connectivity index (χ2n) is 5.01. The molecule has 0 amide bonds. The molecule has 1 aliphatic rings. The highest BCUT2D eigenvalue weighted by atomic mass is 32.1. The highest BCUT2D eigenvalue weighted by Gasteiger charge is 2.36. The Labute approximate surface area is 130 Å². The van der Waals surface area contributed by atoms with Gasteiger partial charge < -0.3 is 19.4 Å². The van der Waals surface area contributed by atoms with Gasteiger partial charge in [0.05, 0.1) is 23.9 Å². The van der Waals surface area contributed by atoms with E-state index in [-0.39, 0.29) is 0 Å². The number of rotatable bonds is 2. The summed E-state index contributed by atoms with van der Waals surface area (Å²) in [4.78, 5) is 5.07. The molecule has 2 atom stereocenters. The molecule has 112 valence electrons. The minimum absolute atomic E-state index is 0.477. The summed E-state index contributed by atoms with van der Waals surface area (Å²) in [6, 6.07) is 8.92. The van der Waals surface area contributed by atoms with Crippen LogP contribution in [0.25, 0.3) is 10.8 Å². The molecule has 4 rings (SSSR count). The van der Waals surface area contributed by atoms with Gasteiger partial charge in [0.2, 0.25) is 0 Å². The number of nitrogens with zero attached hydrogens (tertiary/aromatic N) is 1. The molecular weight excluding hydrogens is 302 g/mol. The predicted octanol–water partition coefficient (Wildman–Crippen LogP) is 2.89. The normalized spacial score (nSPS) is 19.6. The number of thiazole rings is 1. The van der Waals surface area contributed by atoms with E-state index in [9.17, 15) is 10.2 Å². The van der Waals surface area contributed by atoms with E-state index >= 15 is 0 Å². The van der Waals surface area contributed by atoms with Crippen LogP contribution in [0.3, 0.4) is 0 Å². The standard InChI is InChI=1S/C16H13NO4S/c1-20-9-5-2-4-8-11(9)14(19)15-12(13(8)18)17-16(22-15)10-6-3-7-21-10/h2-7,13-14,18-19H,1H3. The highest BCUT2D eigenvalue weighted by molar-refractivity contribution is 7.15. The van der Waals surface area contributed by atoms with E-state index < -0.39 is 12.2 Å². The molecule has 0 aliphatic heterocycles. The number of methoxy groups -OCH3 is 1. The van der Waals surface area contributed by atoms with Gasteiger partial charge in [-0.2, -0.15) is 0 Å². The third kappa shape index (κ3) is 1.81. The van der Waals surface area contributed by atoms with Gasteiger partial charge in [0.15, 0.2) is 10.8 Å². The molecular formula is C16H13NO4S. The highest BCUT2D eigenvalue weighted by Crippen LogP contribution is 2.47. The zero-order valence-electron chi connectivity index (χ0n) is 11.7. The summed E-state index contributed by atoms with van der Waals surface area (Å²) < 4.78 is 10.7. The van der Waals surface area contributed by atoms with Gasteiger partial charge in [0.25, 0.3) is 0 Å². The third-order valence-corrected chi connectivity index (χ3v) is 4.95. The van der Waals surface area contributed by atoms with Crippen LogP contribution in [-0.4, -0.2) is 22.3 Å². The van der Waals surface area contributed by atoms with Crippen molar-refractivity contribution in [2.24, 2.45) is 0 Å². The maximum absolute atomic E-state index is 10.7. The number of hydrogen-bond donors (Lipinski definition) is 2. The number of fused-ring (bicyclic) bond motifs is 2. The molecule has 6 heteroatoms. The number of aromatic nitrogens is 1. The molecule has 0 bridgehead atoms. The average Bonchev–Trinajstić information content (AvgIpc) is 3.20. The minimum Gasteiger partial charge on any atom is -0.496 e. The molecule has 1 aliphatic carbocycles. The van der Waals surface area contributed by atoms with E-state index in [4.69, 9.17) is 9.15 Å². The van der Waals surface area contributed by atoms with Gasteiger partial charge in [0.1, 0.15) is 18.0 Å². The number of ether oxygens (including phenoxy) is 1. The minimum atomic E-state index is -0.886. The van der Waals surface area contributed by atoms with Gasteiger partial charge in [-0.15, -0.1) is 11.3 Å². The summed E-state index contributed by atoms with van der Waals surface area (Å²) in [7, 11) is 1.55. The summed E-state index contributed by atoms with van der Waals surface area (Å²) in [5.41, 5.74) is 1.69. The second kappa shape index (κ2) is 4.95. The molecule has 22 heavy (non-hydrogen) atoms. The fourth-order valence-electron chi connectivity index (χ4n) is 2.79. The number of aliphatic hydroxyl groups excluding tert-OH is 2. The molecule has 2 unspecified atom stereocenters. The van der Waals surface area contributed by atoms with E-state index in [2.05, 4.69) is 4.98 Å². The number of aliphatic hydroxyl groups is 2. The van der Waals surface area contributed by atoms with Gasteiger partial charge in [-0.1, -0.05) is 12.1 Å². The molecule has 0 spiro atoms. The predicted molar refractivity (Wildman–Crippen MR) is 80.9 cm³/mol. The van der Waals surface area contributed by atoms with Crippen LogP contribution in [0.5, 0.6) is 5.75 Å². The molecule has 2 heterocycles. The Kier molecular flexibility index (Phi) is 3.04. The Hall–Kier alpha value is -2.15. The van der Waals surface area contributed by atoms with Crippen molar-refractivity contribution in [3.63, 3.8) is 0 Å². The molecule has 3 aromatic rings. The zero-order valence-corrected chi connectivity index (χ0v) is 12.5. The molecule has 2 aromatic heterocycles. The molecule has 0 fully saturated rings. The van der Waals surface area contributed by atoms with Crippen LogP contribution < -0.4 is 4.74 Å². The van der Waals surface area contributed by atoms with Gasteiger partial charge in [-0.3, -0.25) is 0 Å². The van der Waals surface area contributed by atoms with E-state index in [0.29, 0.717) is 38.2 Å². The number of hydrogen-bond acceptors (Lipinski definition) is 6. The first-order chi connectivity index (χ1) is 10.7. The Bertz CT molecular complexity index is 825. The summed E-state index contributed by atoms with van der Waals surface area (Å²) in [6.45, 7) is 0. The van der Waals surface area contributed by atoms with Crippen molar-refractivity contribution in [3.05, 3.63) is 58.3 Å². The lowest BCUT2D eigenvalue weighted by Crippen LogP contribution is -2.17. The van der Waals surface area contributed by atoms with E-state index in [0.717, 1.165) is 0 Å². The smallest absolute Gasteiger partial charge is 0.162 e. The first-order valence-corrected chi connectivity index (χ1v) is 7.59. The lowest BCUT2D eigenvalue weighted by atomic mass is 9.88. The maximum atomic E-state index is 10.7. The van der Waals surface area contributed by atoms with Crippen molar-refractivity contribution in [2.45, 2.75) is 12.2 Å². The second-order valence-corrected chi connectivity index (χ2v) is 6.04. The Morgan fingerprint density at radius 2 is 2.05 bits per heavy atom. The van der Waals surface area contributed by atoms with E-state index in [1.54, 1.807) is 43.7 Å². The van der Waals surface area contributed by atoms with Gasteiger partial charge in [-0.25, -0.2) is 4.98 Å². The summed E-state index contributed by atoms with van der Waals surface area (Å²) in [6.07, 6.45) is -0.186. The summed E-state index contributed by atoms with van der Waals surface area (Å²) >= 11 is 1.32. The van der Waals surface area contributed by atoms with Crippen LogP contribution in [0.2, 0.25) is 0 Å². The first kappa shape index (κ1) is 13.5. The Balaban J connectivity index is 1.90. The third-order valence-electron chi connectivity index (χ3n) is 3.81. The molecule has 0 saturated heterocycles. The van der Waals surface area contributed by atoms with Crippen molar-refractivity contribution >= 4 is 11.3 Å². The monoisotopic (exact) mass is 315 g/mol. The molecule has 1 aromatic carbocycles. The van der Waals surface area contributed by atoms with Crippen LogP contribution in [0.1, 0.15) is 33.9 Å². The number of furan rings is 1. The maximum Gasteiger partial charge on any atom is 0.162 e. The van der Waals surface area contributed by atoms with Crippen LogP contribution in [0, 0.1) is 0 Å². The van der Waals surface area contributed by atoms with Gasteiger partial charge >= 0.3 is 0 Å². The summed E-state index contributed by atoms with van der Waals surface area (Å²) in [5.74, 6) is 1.18. The van der Waals surface area contributed by atoms with Crippen molar-refractivity contribution in [3.8, 4) is 16.5 Å². The lowest BCUT2D eigenvalue weighted by molar-refractivity contribution is 0.170. The molecule has 2 N–H and O–H groups in total.